The van der Waals surface area contributed by atoms with Crippen LogP contribution in [0.4, 0.5) is 0 Å². The van der Waals surface area contributed by atoms with E-state index in [1.807, 2.05) is 37.4 Å². The number of nitrogens with one attached hydrogen (secondary N) is 1. The van der Waals surface area contributed by atoms with Crippen LogP contribution in [0, 0.1) is 0 Å². The first-order valence-electron chi connectivity index (χ1n) is 9.01. The Balaban J connectivity index is 1.61. The molecule has 27 heavy (non-hydrogen) atoms. The van der Waals surface area contributed by atoms with Crippen molar-refractivity contribution in [1.82, 2.24) is 14.5 Å². The van der Waals surface area contributed by atoms with Crippen molar-refractivity contribution in [2.45, 2.75) is 24.9 Å². The number of aliphatic carboxylic acids is 1. The summed E-state index contributed by atoms with van der Waals surface area (Å²) < 4.78 is 7.99. The van der Waals surface area contributed by atoms with E-state index in [0.29, 0.717) is 18.6 Å². The molecule has 136 valence electrons. The summed E-state index contributed by atoms with van der Waals surface area (Å²) in [5.41, 5.74) is 2.84. The summed E-state index contributed by atoms with van der Waals surface area (Å²) >= 11 is 0. The van der Waals surface area contributed by atoms with Crippen LogP contribution in [0.25, 0.3) is 33.2 Å². The lowest BCUT2D eigenvalue weighted by atomic mass is 9.80. The van der Waals surface area contributed by atoms with Crippen LogP contribution in [-0.2, 0) is 11.8 Å². The number of pyridine rings is 1. The van der Waals surface area contributed by atoms with Gasteiger partial charge < -0.3 is 19.4 Å². The molecule has 0 saturated heterocycles. The number of aryl methyl sites for hydroxylation is 1. The Morgan fingerprint density at radius 1 is 1.30 bits per heavy atom. The zero-order valence-corrected chi connectivity index (χ0v) is 14.9. The van der Waals surface area contributed by atoms with Gasteiger partial charge in [0.1, 0.15) is 11.4 Å². The first-order valence-corrected chi connectivity index (χ1v) is 9.01. The van der Waals surface area contributed by atoms with Gasteiger partial charge in [-0.15, -0.1) is 0 Å². The molecule has 0 aliphatic heterocycles. The Morgan fingerprint density at radius 2 is 2.15 bits per heavy atom. The number of hydrogen-bond donors (Lipinski definition) is 2. The van der Waals surface area contributed by atoms with Crippen molar-refractivity contribution in [3.05, 3.63) is 48.8 Å². The number of fused-ring (bicyclic) bond motifs is 2. The summed E-state index contributed by atoms with van der Waals surface area (Å²) in [6, 6.07) is 11.8. The van der Waals surface area contributed by atoms with E-state index < -0.39 is 11.6 Å². The maximum absolute atomic E-state index is 11.6. The fourth-order valence-corrected chi connectivity index (χ4v) is 3.84. The van der Waals surface area contributed by atoms with Crippen molar-refractivity contribution in [2.24, 2.45) is 7.05 Å². The van der Waals surface area contributed by atoms with Crippen molar-refractivity contribution in [1.29, 1.82) is 0 Å². The number of aromatic amines is 1. The molecule has 0 amide bonds. The van der Waals surface area contributed by atoms with Crippen LogP contribution < -0.4 is 4.74 Å². The second kappa shape index (κ2) is 5.61. The summed E-state index contributed by atoms with van der Waals surface area (Å²) in [7, 11) is 2.00. The first kappa shape index (κ1) is 15.9. The number of ether oxygens (including phenoxy) is 1. The Hall–Kier alpha value is -3.28. The predicted octanol–water partition coefficient (Wildman–Crippen LogP) is 4.11. The molecule has 0 radical (unpaired) electrons. The van der Waals surface area contributed by atoms with E-state index in [0.717, 1.165) is 39.6 Å². The SMILES string of the molecule is Cn1cc(-c2cc3cccnc3[nH]2)c2cc(OC3(C(=O)O)CCC3)ccc21. The third-order valence-corrected chi connectivity index (χ3v) is 5.51. The van der Waals surface area contributed by atoms with E-state index in [1.54, 1.807) is 6.20 Å². The van der Waals surface area contributed by atoms with Crippen LogP contribution in [0.15, 0.2) is 48.8 Å². The predicted molar refractivity (Wildman–Crippen MR) is 103 cm³/mol. The van der Waals surface area contributed by atoms with Crippen molar-refractivity contribution in [3.63, 3.8) is 0 Å². The van der Waals surface area contributed by atoms with Gasteiger partial charge in [0, 0.05) is 47.0 Å². The fraction of sp³-hybridized carbons (Fsp3) is 0.238. The molecule has 0 bridgehead atoms. The van der Waals surface area contributed by atoms with E-state index >= 15 is 0 Å². The topological polar surface area (TPSA) is 80.1 Å². The lowest BCUT2D eigenvalue weighted by Gasteiger charge is -2.37. The minimum absolute atomic E-state index is 0.551. The number of aromatic nitrogens is 3. The Bertz CT molecular complexity index is 1150. The van der Waals surface area contributed by atoms with Gasteiger partial charge in [-0.05, 0) is 55.7 Å². The molecule has 0 atom stereocenters. The molecule has 1 aliphatic carbocycles. The molecule has 2 N–H and O–H groups in total. The molecule has 4 aromatic rings. The average Bonchev–Trinajstić information content (AvgIpc) is 3.19. The number of carbonyl (C=O) groups is 1. The summed E-state index contributed by atoms with van der Waals surface area (Å²) in [6.45, 7) is 0. The fourth-order valence-electron chi connectivity index (χ4n) is 3.84. The van der Waals surface area contributed by atoms with Crippen LogP contribution >= 0.6 is 0 Å². The summed E-state index contributed by atoms with van der Waals surface area (Å²) in [5, 5.41) is 11.6. The highest BCUT2D eigenvalue weighted by atomic mass is 16.5. The lowest BCUT2D eigenvalue weighted by Crippen LogP contribution is -2.50. The monoisotopic (exact) mass is 361 g/mol. The zero-order valence-electron chi connectivity index (χ0n) is 14.9. The van der Waals surface area contributed by atoms with Crippen molar-refractivity contribution >= 4 is 27.9 Å². The Labute approximate surface area is 155 Å². The van der Waals surface area contributed by atoms with Crippen LogP contribution in [0.5, 0.6) is 5.75 Å². The second-order valence-corrected chi connectivity index (χ2v) is 7.21. The maximum atomic E-state index is 11.6. The van der Waals surface area contributed by atoms with Crippen LogP contribution in [-0.4, -0.2) is 31.2 Å². The third kappa shape index (κ3) is 2.40. The number of carboxylic acid groups (broad SMARTS) is 1. The van der Waals surface area contributed by atoms with Gasteiger partial charge in [0.25, 0.3) is 0 Å². The van der Waals surface area contributed by atoms with Gasteiger partial charge >= 0.3 is 5.97 Å². The largest absolute Gasteiger partial charge is 0.478 e. The normalized spacial score (nSPS) is 15.7. The van der Waals surface area contributed by atoms with Crippen LogP contribution in [0.2, 0.25) is 0 Å². The Kier molecular flexibility index (Phi) is 3.31. The van der Waals surface area contributed by atoms with Gasteiger partial charge in [0.15, 0.2) is 0 Å². The van der Waals surface area contributed by atoms with Crippen LogP contribution in [0.3, 0.4) is 0 Å². The maximum Gasteiger partial charge on any atom is 0.348 e. The van der Waals surface area contributed by atoms with Crippen molar-refractivity contribution in [2.75, 3.05) is 0 Å². The zero-order chi connectivity index (χ0) is 18.6. The number of carboxylic acids is 1. The van der Waals surface area contributed by atoms with Gasteiger partial charge in [-0.25, -0.2) is 9.78 Å². The number of benzene rings is 1. The molecule has 1 aromatic carbocycles. The highest BCUT2D eigenvalue weighted by Gasteiger charge is 2.47. The summed E-state index contributed by atoms with van der Waals surface area (Å²) in [6.07, 6.45) is 5.82. The highest BCUT2D eigenvalue weighted by Crippen LogP contribution is 2.39. The molecule has 3 heterocycles. The first-order chi connectivity index (χ1) is 13.1. The minimum Gasteiger partial charge on any atom is -0.478 e. The van der Waals surface area contributed by atoms with Crippen molar-refractivity contribution < 1.29 is 14.6 Å². The van der Waals surface area contributed by atoms with Gasteiger partial charge in [-0.3, -0.25) is 0 Å². The molecule has 6 nitrogen and oxygen atoms in total. The second-order valence-electron chi connectivity index (χ2n) is 7.21. The Morgan fingerprint density at radius 3 is 2.85 bits per heavy atom. The smallest absolute Gasteiger partial charge is 0.348 e. The van der Waals surface area contributed by atoms with E-state index in [9.17, 15) is 9.90 Å². The minimum atomic E-state index is -1.08. The van der Waals surface area contributed by atoms with E-state index in [-0.39, 0.29) is 0 Å². The van der Waals surface area contributed by atoms with Crippen molar-refractivity contribution in [3.8, 4) is 17.0 Å². The highest BCUT2D eigenvalue weighted by molar-refractivity contribution is 5.98. The summed E-state index contributed by atoms with van der Waals surface area (Å²) in [5.74, 6) is -0.296. The number of H-pyrrole nitrogens is 1. The average molecular weight is 361 g/mol. The molecule has 5 rings (SSSR count). The quantitative estimate of drug-likeness (QED) is 0.573. The number of nitrogens with zero attached hydrogens (tertiary/aromatic N) is 2. The molecule has 6 heteroatoms. The summed E-state index contributed by atoms with van der Waals surface area (Å²) in [4.78, 5) is 19.4. The van der Waals surface area contributed by atoms with E-state index in [4.69, 9.17) is 4.74 Å². The molecular weight excluding hydrogens is 342 g/mol. The molecule has 1 aliphatic rings. The molecule has 3 aromatic heterocycles. The van der Waals surface area contributed by atoms with E-state index in [1.165, 1.54) is 0 Å². The standard InChI is InChI=1S/C21H19N3O3/c1-24-12-16(17-10-13-4-2-9-22-19(13)23-17)15-11-14(5-6-18(15)24)27-21(20(25)26)7-3-8-21/h2,4-6,9-12H,3,7-8H2,1H3,(H,22,23)(H,25,26). The molecule has 1 fully saturated rings. The van der Waals surface area contributed by atoms with Gasteiger partial charge in [0.2, 0.25) is 5.60 Å². The molecule has 0 spiro atoms. The van der Waals surface area contributed by atoms with E-state index in [2.05, 4.69) is 26.8 Å². The number of rotatable bonds is 4. The van der Waals surface area contributed by atoms with Gasteiger partial charge in [-0.1, -0.05) is 0 Å². The third-order valence-electron chi connectivity index (χ3n) is 5.51. The number of hydrogen-bond acceptors (Lipinski definition) is 3. The molecule has 1 saturated carbocycles. The lowest BCUT2D eigenvalue weighted by molar-refractivity contribution is -0.163. The van der Waals surface area contributed by atoms with Gasteiger partial charge in [0.05, 0.1) is 0 Å². The molecular formula is C21H19N3O3. The van der Waals surface area contributed by atoms with Crippen LogP contribution in [0.1, 0.15) is 19.3 Å². The van der Waals surface area contributed by atoms with Gasteiger partial charge in [-0.2, -0.15) is 0 Å². The molecule has 0 unspecified atom stereocenters.